The summed E-state index contributed by atoms with van der Waals surface area (Å²) < 4.78 is 19.0. The monoisotopic (exact) mass is 267 g/mol. The molecule has 100 valence electrons. The number of nitrogens with two attached hydrogens (primary N) is 1. The fourth-order valence-corrected chi connectivity index (χ4v) is 2.96. The van der Waals surface area contributed by atoms with Gasteiger partial charge in [-0.05, 0) is 54.3 Å². The van der Waals surface area contributed by atoms with E-state index in [9.17, 15) is 4.39 Å². The average molecular weight is 267 g/mol. The van der Waals surface area contributed by atoms with Crippen LogP contribution in [-0.2, 0) is 6.42 Å². The highest BCUT2D eigenvalue weighted by molar-refractivity contribution is 5.83. The Hall–Kier alpha value is -2.13. The summed E-state index contributed by atoms with van der Waals surface area (Å²) in [5.41, 5.74) is 10.3. The van der Waals surface area contributed by atoms with Crippen LogP contribution in [0.5, 0.6) is 0 Å². The lowest BCUT2D eigenvalue weighted by molar-refractivity contribution is 0.619. The predicted molar refractivity (Wildman–Crippen MR) is 76.9 cm³/mol. The van der Waals surface area contributed by atoms with E-state index in [-0.39, 0.29) is 11.9 Å². The number of benzene rings is 2. The minimum absolute atomic E-state index is 0.156. The number of hydrogen-bond acceptors (Lipinski definition) is 2. The fourth-order valence-electron chi connectivity index (χ4n) is 2.96. The number of fused-ring (bicyclic) bond motifs is 2. The van der Waals surface area contributed by atoms with Crippen molar-refractivity contribution >= 4 is 11.0 Å². The molecule has 4 rings (SSSR count). The largest absolute Gasteiger partial charge is 0.456 e. The van der Waals surface area contributed by atoms with Crippen LogP contribution in [0, 0.1) is 5.82 Å². The minimum Gasteiger partial charge on any atom is -0.456 e. The first-order valence-corrected chi connectivity index (χ1v) is 6.78. The molecule has 1 aliphatic rings. The van der Waals surface area contributed by atoms with Gasteiger partial charge in [0.05, 0.1) is 0 Å². The summed E-state index contributed by atoms with van der Waals surface area (Å²) in [6.07, 6.45) is 2.02. The summed E-state index contributed by atoms with van der Waals surface area (Å²) in [5, 5.41) is 0.789. The van der Waals surface area contributed by atoms with Crippen molar-refractivity contribution in [2.75, 3.05) is 0 Å². The molecule has 1 heterocycles. The Bertz CT molecular complexity index is 806. The van der Waals surface area contributed by atoms with E-state index in [0.29, 0.717) is 5.58 Å². The molecule has 1 unspecified atom stereocenters. The maximum atomic E-state index is 13.2. The molecule has 20 heavy (non-hydrogen) atoms. The lowest BCUT2D eigenvalue weighted by Crippen LogP contribution is -2.04. The fraction of sp³-hybridized carbons (Fsp3) is 0.176. The van der Waals surface area contributed by atoms with Gasteiger partial charge in [-0.3, -0.25) is 0 Å². The van der Waals surface area contributed by atoms with Gasteiger partial charge in [0.1, 0.15) is 17.2 Å². The Kier molecular flexibility index (Phi) is 2.44. The van der Waals surface area contributed by atoms with E-state index >= 15 is 0 Å². The SMILES string of the molecule is NC1CCc2cc(-c3cc4cc(F)ccc4o3)ccc21. The van der Waals surface area contributed by atoms with E-state index < -0.39 is 0 Å². The first-order valence-electron chi connectivity index (χ1n) is 6.78. The number of furan rings is 1. The van der Waals surface area contributed by atoms with Gasteiger partial charge in [0.25, 0.3) is 0 Å². The van der Waals surface area contributed by atoms with Crippen LogP contribution in [0.25, 0.3) is 22.3 Å². The second-order valence-electron chi connectivity index (χ2n) is 5.35. The van der Waals surface area contributed by atoms with E-state index in [1.807, 2.05) is 12.1 Å². The molecule has 0 bridgehead atoms. The van der Waals surface area contributed by atoms with Crippen LogP contribution in [0.1, 0.15) is 23.6 Å². The Balaban J connectivity index is 1.83. The van der Waals surface area contributed by atoms with Crippen LogP contribution in [0.15, 0.2) is 46.9 Å². The van der Waals surface area contributed by atoms with Gasteiger partial charge in [-0.25, -0.2) is 4.39 Å². The maximum absolute atomic E-state index is 13.2. The molecule has 0 radical (unpaired) electrons. The number of hydrogen-bond donors (Lipinski definition) is 1. The van der Waals surface area contributed by atoms with Gasteiger partial charge < -0.3 is 10.2 Å². The van der Waals surface area contributed by atoms with E-state index in [4.69, 9.17) is 10.2 Å². The van der Waals surface area contributed by atoms with E-state index in [1.54, 1.807) is 6.07 Å². The van der Waals surface area contributed by atoms with Gasteiger partial charge in [0, 0.05) is 17.0 Å². The first kappa shape index (κ1) is 11.7. The number of aryl methyl sites for hydroxylation is 1. The summed E-state index contributed by atoms with van der Waals surface area (Å²) in [6.45, 7) is 0. The average Bonchev–Trinajstić information content (AvgIpc) is 3.02. The summed E-state index contributed by atoms with van der Waals surface area (Å²) in [7, 11) is 0. The molecule has 0 saturated carbocycles. The van der Waals surface area contributed by atoms with Crippen LogP contribution in [-0.4, -0.2) is 0 Å². The van der Waals surface area contributed by atoms with E-state index in [0.717, 1.165) is 29.6 Å². The molecule has 1 atom stereocenters. The van der Waals surface area contributed by atoms with Crippen LogP contribution in [0.2, 0.25) is 0 Å². The molecule has 3 heteroatoms. The standard InChI is InChI=1S/C17H14FNO/c18-13-3-6-16-12(8-13)9-17(20-16)11-1-4-14-10(7-11)2-5-15(14)19/h1,3-4,6-9,15H,2,5,19H2. The summed E-state index contributed by atoms with van der Waals surface area (Å²) in [5.74, 6) is 0.527. The molecule has 0 amide bonds. The molecular formula is C17H14FNO. The Morgan fingerprint density at radius 3 is 2.90 bits per heavy atom. The quantitative estimate of drug-likeness (QED) is 0.718. The molecule has 0 fully saturated rings. The van der Waals surface area contributed by atoms with Gasteiger partial charge in [0.2, 0.25) is 0 Å². The molecule has 2 nitrogen and oxygen atoms in total. The van der Waals surface area contributed by atoms with Gasteiger partial charge in [-0.2, -0.15) is 0 Å². The third-order valence-corrected chi connectivity index (χ3v) is 4.03. The number of halogens is 1. The molecular weight excluding hydrogens is 253 g/mol. The Morgan fingerprint density at radius 1 is 1.10 bits per heavy atom. The van der Waals surface area contributed by atoms with Crippen molar-refractivity contribution in [2.45, 2.75) is 18.9 Å². The van der Waals surface area contributed by atoms with Crippen molar-refractivity contribution in [2.24, 2.45) is 5.73 Å². The van der Waals surface area contributed by atoms with Gasteiger partial charge in [-0.1, -0.05) is 12.1 Å². The lowest BCUT2D eigenvalue weighted by Gasteiger charge is -2.05. The molecule has 1 aliphatic carbocycles. The molecule has 3 aromatic rings. The molecule has 2 N–H and O–H groups in total. The topological polar surface area (TPSA) is 39.2 Å². The summed E-state index contributed by atoms with van der Waals surface area (Å²) >= 11 is 0. The van der Waals surface area contributed by atoms with Crippen molar-refractivity contribution in [3.05, 3.63) is 59.4 Å². The van der Waals surface area contributed by atoms with Crippen LogP contribution in [0.4, 0.5) is 4.39 Å². The maximum Gasteiger partial charge on any atom is 0.135 e. The van der Waals surface area contributed by atoms with Gasteiger partial charge >= 0.3 is 0 Å². The van der Waals surface area contributed by atoms with Crippen molar-refractivity contribution in [3.63, 3.8) is 0 Å². The molecule has 0 saturated heterocycles. The zero-order valence-electron chi connectivity index (χ0n) is 10.9. The van der Waals surface area contributed by atoms with Crippen molar-refractivity contribution in [3.8, 4) is 11.3 Å². The minimum atomic E-state index is -0.246. The van der Waals surface area contributed by atoms with Crippen LogP contribution in [0.3, 0.4) is 0 Å². The van der Waals surface area contributed by atoms with Crippen molar-refractivity contribution in [1.29, 1.82) is 0 Å². The third kappa shape index (κ3) is 1.74. The van der Waals surface area contributed by atoms with Crippen molar-refractivity contribution in [1.82, 2.24) is 0 Å². The van der Waals surface area contributed by atoms with Gasteiger partial charge in [0.15, 0.2) is 0 Å². The second-order valence-corrected chi connectivity index (χ2v) is 5.35. The Labute approximate surface area is 116 Å². The summed E-state index contributed by atoms with van der Waals surface area (Å²) in [4.78, 5) is 0. The third-order valence-electron chi connectivity index (χ3n) is 4.03. The molecule has 0 aliphatic heterocycles. The van der Waals surface area contributed by atoms with Gasteiger partial charge in [-0.15, -0.1) is 0 Å². The predicted octanol–water partition coefficient (Wildman–Crippen LogP) is 4.18. The van der Waals surface area contributed by atoms with Crippen LogP contribution < -0.4 is 5.73 Å². The first-order chi connectivity index (χ1) is 9.70. The smallest absolute Gasteiger partial charge is 0.135 e. The highest BCUT2D eigenvalue weighted by Crippen LogP contribution is 2.34. The molecule has 0 spiro atoms. The molecule has 2 aromatic carbocycles. The van der Waals surface area contributed by atoms with Crippen LogP contribution >= 0.6 is 0 Å². The lowest BCUT2D eigenvalue weighted by atomic mass is 10.0. The second kappa shape index (κ2) is 4.18. The Morgan fingerprint density at radius 2 is 2.00 bits per heavy atom. The van der Waals surface area contributed by atoms with E-state index in [2.05, 4.69) is 12.1 Å². The van der Waals surface area contributed by atoms with Crippen molar-refractivity contribution < 1.29 is 8.81 Å². The zero-order valence-corrected chi connectivity index (χ0v) is 10.9. The molecule has 1 aromatic heterocycles. The highest BCUT2D eigenvalue weighted by Gasteiger charge is 2.19. The number of rotatable bonds is 1. The summed E-state index contributed by atoms with van der Waals surface area (Å²) in [6, 6.07) is 12.9. The van der Waals surface area contributed by atoms with E-state index in [1.165, 1.54) is 23.3 Å². The normalized spacial score (nSPS) is 17.6. The highest BCUT2D eigenvalue weighted by atomic mass is 19.1. The zero-order chi connectivity index (χ0) is 13.7.